The number of amides is 1. The number of nitrogens with zero attached hydrogens (tertiary/aromatic N) is 2. The Bertz CT molecular complexity index is 528. The van der Waals surface area contributed by atoms with E-state index in [0.29, 0.717) is 6.54 Å². The number of aromatic nitrogens is 1. The molecule has 2 aromatic rings. The lowest BCUT2D eigenvalue weighted by Gasteiger charge is -2.14. The second kappa shape index (κ2) is 3.89. The zero-order valence-corrected chi connectivity index (χ0v) is 9.54. The van der Waals surface area contributed by atoms with Crippen LogP contribution in [0.1, 0.15) is 16.8 Å². The summed E-state index contributed by atoms with van der Waals surface area (Å²) in [6.45, 7) is 1.44. The molecule has 3 heterocycles. The minimum atomic E-state index is 0.0849. The van der Waals surface area contributed by atoms with Crippen LogP contribution in [0.2, 0.25) is 0 Å². The Morgan fingerprint density at radius 3 is 3.00 bits per heavy atom. The van der Waals surface area contributed by atoms with Crippen molar-refractivity contribution in [3.8, 4) is 0 Å². The minimum Gasteiger partial charge on any atom is -0.337 e. The zero-order valence-electron chi connectivity index (χ0n) is 9.54. The highest BCUT2D eigenvalue weighted by Gasteiger charge is 2.25. The molecule has 0 saturated carbocycles. The summed E-state index contributed by atoms with van der Waals surface area (Å²) < 4.78 is 1.96. The molecule has 1 unspecified atom stereocenters. The van der Waals surface area contributed by atoms with Gasteiger partial charge < -0.3 is 15.0 Å². The molecule has 1 amide bonds. The van der Waals surface area contributed by atoms with Crippen LogP contribution < -0.4 is 5.73 Å². The second-order valence-corrected chi connectivity index (χ2v) is 4.56. The molecule has 2 aromatic heterocycles. The molecule has 17 heavy (non-hydrogen) atoms. The van der Waals surface area contributed by atoms with Crippen LogP contribution in [0.15, 0.2) is 36.7 Å². The Morgan fingerprint density at radius 2 is 2.29 bits per heavy atom. The average molecular weight is 229 g/mol. The summed E-state index contributed by atoms with van der Waals surface area (Å²) in [5, 5.41) is 0. The predicted octanol–water partition coefficient (Wildman–Crippen LogP) is 1.11. The van der Waals surface area contributed by atoms with E-state index in [4.69, 9.17) is 5.73 Å². The second-order valence-electron chi connectivity index (χ2n) is 4.56. The molecular formula is C13H15N3O. The average Bonchev–Trinajstić information content (AvgIpc) is 2.93. The Kier molecular flexibility index (Phi) is 2.37. The highest BCUT2D eigenvalue weighted by atomic mass is 16.2. The normalized spacial score (nSPS) is 20.1. The van der Waals surface area contributed by atoms with E-state index in [1.54, 1.807) is 0 Å². The van der Waals surface area contributed by atoms with E-state index < -0.39 is 0 Å². The molecule has 1 atom stereocenters. The van der Waals surface area contributed by atoms with Gasteiger partial charge in [0.15, 0.2) is 0 Å². The van der Waals surface area contributed by atoms with Gasteiger partial charge >= 0.3 is 0 Å². The maximum absolute atomic E-state index is 12.2. The van der Waals surface area contributed by atoms with Gasteiger partial charge in [0.2, 0.25) is 0 Å². The van der Waals surface area contributed by atoms with E-state index in [0.717, 1.165) is 24.0 Å². The molecule has 2 N–H and O–H groups in total. The third-order valence-corrected chi connectivity index (χ3v) is 3.26. The van der Waals surface area contributed by atoms with Crippen LogP contribution in [0, 0.1) is 0 Å². The monoisotopic (exact) mass is 229 g/mol. The summed E-state index contributed by atoms with van der Waals surface area (Å²) in [5.74, 6) is 0.0849. The van der Waals surface area contributed by atoms with Gasteiger partial charge in [0.25, 0.3) is 5.91 Å². The molecule has 0 bridgehead atoms. The van der Waals surface area contributed by atoms with Gasteiger partial charge in [-0.15, -0.1) is 0 Å². The Labute approximate surface area is 99.6 Å². The first-order valence-electron chi connectivity index (χ1n) is 5.85. The molecule has 0 aromatic carbocycles. The topological polar surface area (TPSA) is 50.7 Å². The summed E-state index contributed by atoms with van der Waals surface area (Å²) in [6.07, 6.45) is 4.72. The summed E-state index contributed by atoms with van der Waals surface area (Å²) >= 11 is 0. The Morgan fingerprint density at radius 1 is 1.41 bits per heavy atom. The number of likely N-dealkylation sites (tertiary alicyclic amines) is 1. The number of fused-ring (bicyclic) bond motifs is 1. The zero-order chi connectivity index (χ0) is 11.8. The Balaban J connectivity index is 1.90. The molecule has 4 heteroatoms. The summed E-state index contributed by atoms with van der Waals surface area (Å²) in [4.78, 5) is 14.1. The number of rotatable bonds is 1. The molecule has 0 aliphatic carbocycles. The van der Waals surface area contributed by atoms with Crippen LogP contribution in [-0.2, 0) is 0 Å². The van der Waals surface area contributed by atoms with E-state index in [1.807, 2.05) is 46.0 Å². The highest BCUT2D eigenvalue weighted by molar-refractivity contribution is 5.95. The first-order valence-corrected chi connectivity index (χ1v) is 5.85. The number of carbonyl (C=O) groups is 1. The van der Waals surface area contributed by atoms with E-state index >= 15 is 0 Å². The van der Waals surface area contributed by atoms with E-state index in [-0.39, 0.29) is 11.9 Å². The summed E-state index contributed by atoms with van der Waals surface area (Å²) in [6, 6.07) is 7.97. The molecule has 88 valence electrons. The van der Waals surface area contributed by atoms with Crippen LogP contribution in [0.4, 0.5) is 0 Å². The largest absolute Gasteiger partial charge is 0.337 e. The van der Waals surface area contributed by atoms with Crippen LogP contribution in [0.3, 0.4) is 0 Å². The van der Waals surface area contributed by atoms with Gasteiger partial charge in [-0.3, -0.25) is 4.79 Å². The van der Waals surface area contributed by atoms with Crippen molar-refractivity contribution in [2.24, 2.45) is 5.73 Å². The van der Waals surface area contributed by atoms with Crippen molar-refractivity contribution < 1.29 is 4.79 Å². The first kappa shape index (κ1) is 10.4. The van der Waals surface area contributed by atoms with Gasteiger partial charge in [0.05, 0.1) is 5.56 Å². The maximum atomic E-state index is 12.2. The van der Waals surface area contributed by atoms with Crippen molar-refractivity contribution in [3.05, 3.63) is 42.2 Å². The molecule has 4 nitrogen and oxygen atoms in total. The summed E-state index contributed by atoms with van der Waals surface area (Å²) in [5.41, 5.74) is 7.60. The molecule has 0 radical (unpaired) electrons. The quantitative estimate of drug-likeness (QED) is 0.796. The van der Waals surface area contributed by atoms with Crippen molar-refractivity contribution in [3.63, 3.8) is 0 Å². The molecule has 0 spiro atoms. The number of pyridine rings is 1. The molecular weight excluding hydrogens is 214 g/mol. The lowest BCUT2D eigenvalue weighted by Crippen LogP contribution is -2.31. The lowest BCUT2D eigenvalue weighted by atomic mass is 10.3. The van der Waals surface area contributed by atoms with Crippen molar-refractivity contribution >= 4 is 11.4 Å². The van der Waals surface area contributed by atoms with Crippen molar-refractivity contribution in [2.75, 3.05) is 13.1 Å². The third-order valence-electron chi connectivity index (χ3n) is 3.26. The van der Waals surface area contributed by atoms with E-state index in [2.05, 4.69) is 0 Å². The molecule has 1 saturated heterocycles. The molecule has 3 rings (SSSR count). The van der Waals surface area contributed by atoms with Gasteiger partial charge in [0.1, 0.15) is 0 Å². The third kappa shape index (κ3) is 1.80. The van der Waals surface area contributed by atoms with Gasteiger partial charge in [0, 0.05) is 37.0 Å². The number of hydrogen-bond donors (Lipinski definition) is 1. The van der Waals surface area contributed by atoms with Gasteiger partial charge in [-0.05, 0) is 24.6 Å². The van der Waals surface area contributed by atoms with Crippen LogP contribution in [-0.4, -0.2) is 34.3 Å². The fraction of sp³-hybridized carbons (Fsp3) is 0.308. The van der Waals surface area contributed by atoms with E-state index in [1.165, 1.54) is 0 Å². The van der Waals surface area contributed by atoms with Crippen molar-refractivity contribution in [1.29, 1.82) is 0 Å². The maximum Gasteiger partial charge on any atom is 0.255 e. The van der Waals surface area contributed by atoms with E-state index in [9.17, 15) is 4.79 Å². The highest BCUT2D eigenvalue weighted by Crippen LogP contribution is 2.15. The Hall–Kier alpha value is -1.81. The van der Waals surface area contributed by atoms with Crippen molar-refractivity contribution in [1.82, 2.24) is 9.30 Å². The molecule has 1 fully saturated rings. The summed E-state index contributed by atoms with van der Waals surface area (Å²) in [7, 11) is 0. The molecule has 1 aliphatic heterocycles. The van der Waals surface area contributed by atoms with Gasteiger partial charge in [-0.25, -0.2) is 0 Å². The number of nitrogens with two attached hydrogens (primary N) is 1. The smallest absolute Gasteiger partial charge is 0.255 e. The van der Waals surface area contributed by atoms with Crippen LogP contribution in [0.5, 0.6) is 0 Å². The first-order chi connectivity index (χ1) is 8.24. The lowest BCUT2D eigenvalue weighted by molar-refractivity contribution is 0.0791. The fourth-order valence-electron chi connectivity index (χ4n) is 2.33. The minimum absolute atomic E-state index is 0.0849. The number of carbonyl (C=O) groups excluding carboxylic acids is 1. The van der Waals surface area contributed by atoms with Crippen LogP contribution >= 0.6 is 0 Å². The van der Waals surface area contributed by atoms with Gasteiger partial charge in [-0.1, -0.05) is 6.07 Å². The van der Waals surface area contributed by atoms with Crippen LogP contribution in [0.25, 0.3) is 5.52 Å². The van der Waals surface area contributed by atoms with Crippen molar-refractivity contribution in [2.45, 2.75) is 12.5 Å². The standard InChI is InChI=1S/C13H15N3O/c14-11-4-6-16(9-11)13(17)10-7-12-3-1-2-5-15(12)8-10/h1-3,5,7-8,11H,4,6,9,14H2. The predicted molar refractivity (Wildman–Crippen MR) is 65.9 cm³/mol. The number of hydrogen-bond acceptors (Lipinski definition) is 2. The van der Waals surface area contributed by atoms with Gasteiger partial charge in [-0.2, -0.15) is 0 Å². The SMILES string of the molecule is NC1CCN(C(=O)c2cc3ccccn3c2)C1. The molecule has 1 aliphatic rings. The fourth-order valence-corrected chi connectivity index (χ4v) is 2.33.